The van der Waals surface area contributed by atoms with Gasteiger partial charge in [0.15, 0.2) is 17.8 Å². The van der Waals surface area contributed by atoms with Gasteiger partial charge in [0.2, 0.25) is 0 Å². The summed E-state index contributed by atoms with van der Waals surface area (Å²) in [5, 5.41) is 3.13. The first kappa shape index (κ1) is 29.1. The summed E-state index contributed by atoms with van der Waals surface area (Å²) in [4.78, 5) is 39.2. The van der Waals surface area contributed by atoms with Gasteiger partial charge < -0.3 is 15.8 Å². The Kier molecular flexibility index (Phi) is 7.59. The molecule has 3 aromatic carbocycles. The highest BCUT2D eigenvalue weighted by Gasteiger charge is 2.26. The molecule has 4 N–H and O–H groups in total. The number of carbonyl (C=O) groups excluding carboxylic acids is 2. The molecule has 0 bridgehead atoms. The summed E-state index contributed by atoms with van der Waals surface area (Å²) in [5.41, 5.74) is 14.3. The maximum absolute atomic E-state index is 13.2. The van der Waals surface area contributed by atoms with Crippen LogP contribution in [0.15, 0.2) is 97.2 Å². The molecule has 0 radical (unpaired) electrons. The SMILES string of the molecule is CS(=O)Nc1ccc(C(=O)NC2CCc3cc(-n4c(-c5cccnc5N)nc5ccc(-c6ccccc6)nc54)ccc32)cc1C=O. The summed E-state index contributed by atoms with van der Waals surface area (Å²) in [6.07, 6.45) is 5.26. The average Bonchev–Trinajstić information content (AvgIpc) is 3.65. The highest BCUT2D eigenvalue weighted by atomic mass is 32.2. The molecule has 1 amide bonds. The Morgan fingerprint density at radius 2 is 1.85 bits per heavy atom. The van der Waals surface area contributed by atoms with Gasteiger partial charge in [0.1, 0.15) is 22.3 Å². The molecule has 46 heavy (non-hydrogen) atoms. The Hall–Kier alpha value is -5.68. The molecule has 7 rings (SSSR count). The summed E-state index contributed by atoms with van der Waals surface area (Å²) >= 11 is 0. The normalized spacial score (nSPS) is 14.5. The van der Waals surface area contributed by atoms with Crippen molar-refractivity contribution >= 4 is 45.8 Å². The van der Waals surface area contributed by atoms with E-state index in [4.69, 9.17) is 15.7 Å². The van der Waals surface area contributed by atoms with Crippen molar-refractivity contribution in [1.82, 2.24) is 24.8 Å². The lowest BCUT2D eigenvalue weighted by Crippen LogP contribution is -2.27. The minimum Gasteiger partial charge on any atom is -0.383 e. The maximum Gasteiger partial charge on any atom is 0.251 e. The molecule has 6 aromatic rings. The Bertz CT molecular complexity index is 2160. The van der Waals surface area contributed by atoms with Crippen LogP contribution in [0, 0.1) is 0 Å². The second-order valence-corrected chi connectivity index (χ2v) is 12.1. The van der Waals surface area contributed by atoms with Crippen molar-refractivity contribution in [3.05, 3.63) is 119 Å². The van der Waals surface area contributed by atoms with Crippen molar-refractivity contribution in [1.29, 1.82) is 0 Å². The van der Waals surface area contributed by atoms with Gasteiger partial charge in [-0.15, -0.1) is 0 Å². The zero-order valence-corrected chi connectivity index (χ0v) is 25.6. The highest BCUT2D eigenvalue weighted by molar-refractivity contribution is 7.85. The molecule has 3 aromatic heterocycles. The molecule has 0 aliphatic heterocycles. The number of nitrogens with two attached hydrogens (primary N) is 1. The van der Waals surface area contributed by atoms with Gasteiger partial charge in [0.05, 0.1) is 23.0 Å². The predicted molar refractivity (Wildman–Crippen MR) is 180 cm³/mol. The number of fused-ring (bicyclic) bond motifs is 2. The molecule has 1 aliphatic rings. The van der Waals surface area contributed by atoms with Crippen molar-refractivity contribution in [2.24, 2.45) is 0 Å². The molecule has 0 saturated carbocycles. The van der Waals surface area contributed by atoms with Gasteiger partial charge in [-0.25, -0.2) is 19.2 Å². The second kappa shape index (κ2) is 12.0. The largest absolute Gasteiger partial charge is 0.383 e. The van der Waals surface area contributed by atoms with E-state index in [-0.39, 0.29) is 17.5 Å². The van der Waals surface area contributed by atoms with E-state index in [1.807, 2.05) is 71.3 Å². The van der Waals surface area contributed by atoms with Crippen LogP contribution >= 0.6 is 0 Å². The van der Waals surface area contributed by atoms with Crippen LogP contribution in [0.3, 0.4) is 0 Å². The van der Waals surface area contributed by atoms with Crippen molar-refractivity contribution in [2.75, 3.05) is 16.7 Å². The number of carbonyl (C=O) groups is 2. The number of hydrogen-bond acceptors (Lipinski definition) is 7. The summed E-state index contributed by atoms with van der Waals surface area (Å²) < 4.78 is 16.3. The number of nitrogen functional groups attached to an aromatic ring is 1. The number of aromatic nitrogens is 4. The smallest absolute Gasteiger partial charge is 0.251 e. The lowest BCUT2D eigenvalue weighted by atomic mass is 10.1. The number of rotatable bonds is 8. The maximum atomic E-state index is 13.2. The standard InChI is InChI=1S/C35H29N7O3S/c1-46(45)41-29-13-10-23(18-24(29)20-43)35(44)40-30-14-9-22-19-25(11-12-26(22)30)42-33(27-8-5-17-37-32(27)36)39-31-16-15-28(38-34(31)42)21-6-3-2-4-7-21/h2-8,10-13,15-20,30,41H,9,14H2,1H3,(H2,36,37)(H,40,44). The third-order valence-corrected chi connectivity index (χ3v) is 8.62. The third-order valence-electron chi connectivity index (χ3n) is 8.12. The van der Waals surface area contributed by atoms with E-state index < -0.39 is 11.0 Å². The minimum absolute atomic E-state index is 0.201. The van der Waals surface area contributed by atoms with E-state index in [0.717, 1.165) is 46.4 Å². The van der Waals surface area contributed by atoms with Gasteiger partial charge in [0, 0.05) is 34.8 Å². The van der Waals surface area contributed by atoms with E-state index >= 15 is 0 Å². The fraction of sp³-hybridized carbons (Fsp3) is 0.114. The Morgan fingerprint density at radius 3 is 2.63 bits per heavy atom. The molecule has 1 aliphatic carbocycles. The topological polar surface area (TPSA) is 145 Å². The molecular formula is C35H29N7O3S. The lowest BCUT2D eigenvalue weighted by Gasteiger charge is -2.16. The zero-order chi connectivity index (χ0) is 31.8. The minimum atomic E-state index is -1.35. The quantitative estimate of drug-likeness (QED) is 0.185. The Labute approximate surface area is 267 Å². The second-order valence-electron chi connectivity index (χ2n) is 11.0. The number of amides is 1. The van der Waals surface area contributed by atoms with Crippen molar-refractivity contribution in [3.8, 4) is 28.3 Å². The van der Waals surface area contributed by atoms with Crippen molar-refractivity contribution in [3.63, 3.8) is 0 Å². The van der Waals surface area contributed by atoms with Gasteiger partial charge in [-0.3, -0.25) is 14.2 Å². The van der Waals surface area contributed by atoms with Crippen LogP contribution in [0.2, 0.25) is 0 Å². The fourth-order valence-corrected chi connectivity index (χ4v) is 6.44. The number of pyridine rings is 2. The van der Waals surface area contributed by atoms with Crippen LogP contribution in [0.4, 0.5) is 11.5 Å². The van der Waals surface area contributed by atoms with E-state index in [0.29, 0.717) is 40.4 Å². The van der Waals surface area contributed by atoms with Crippen LogP contribution in [-0.4, -0.2) is 42.2 Å². The van der Waals surface area contributed by atoms with Gasteiger partial charge in [-0.05, 0) is 78.6 Å². The van der Waals surface area contributed by atoms with Crippen LogP contribution in [-0.2, 0) is 17.4 Å². The summed E-state index contributed by atoms with van der Waals surface area (Å²) in [6.45, 7) is 0. The van der Waals surface area contributed by atoms with Crippen LogP contribution < -0.4 is 15.8 Å². The number of aryl methyl sites for hydroxylation is 1. The number of benzene rings is 3. The highest BCUT2D eigenvalue weighted by Crippen LogP contribution is 2.36. The fourth-order valence-electron chi connectivity index (χ4n) is 5.94. The van der Waals surface area contributed by atoms with Crippen LogP contribution in [0.5, 0.6) is 0 Å². The van der Waals surface area contributed by atoms with E-state index in [2.05, 4.69) is 21.1 Å². The first-order valence-electron chi connectivity index (χ1n) is 14.7. The number of nitrogens with zero attached hydrogens (tertiary/aromatic N) is 4. The molecule has 0 saturated heterocycles. The molecule has 0 fully saturated rings. The van der Waals surface area contributed by atoms with Crippen LogP contribution in [0.1, 0.15) is 44.3 Å². The predicted octanol–water partition coefficient (Wildman–Crippen LogP) is 5.67. The molecule has 3 heterocycles. The molecule has 2 atom stereocenters. The number of nitrogens with one attached hydrogen (secondary N) is 2. The van der Waals surface area contributed by atoms with E-state index in [9.17, 15) is 13.8 Å². The average molecular weight is 628 g/mol. The lowest BCUT2D eigenvalue weighted by molar-refractivity contribution is 0.0936. The number of anilines is 2. The van der Waals surface area contributed by atoms with Crippen molar-refractivity contribution < 1.29 is 13.8 Å². The van der Waals surface area contributed by atoms with Gasteiger partial charge >= 0.3 is 0 Å². The van der Waals surface area contributed by atoms with E-state index in [1.54, 1.807) is 18.3 Å². The summed E-state index contributed by atoms with van der Waals surface area (Å²) in [7, 11) is -1.35. The molecule has 2 unspecified atom stereocenters. The molecule has 10 nitrogen and oxygen atoms in total. The first-order chi connectivity index (χ1) is 22.4. The van der Waals surface area contributed by atoms with Gasteiger partial charge in [0.25, 0.3) is 5.91 Å². The number of aldehydes is 1. The van der Waals surface area contributed by atoms with Gasteiger partial charge in [-0.2, -0.15) is 0 Å². The zero-order valence-electron chi connectivity index (χ0n) is 24.8. The Morgan fingerprint density at radius 1 is 1.00 bits per heavy atom. The number of hydrogen-bond donors (Lipinski definition) is 3. The van der Waals surface area contributed by atoms with E-state index in [1.165, 1.54) is 12.3 Å². The monoisotopic (exact) mass is 627 g/mol. The molecule has 0 spiro atoms. The van der Waals surface area contributed by atoms with Crippen molar-refractivity contribution in [2.45, 2.75) is 18.9 Å². The number of imidazole rings is 1. The summed E-state index contributed by atoms with van der Waals surface area (Å²) in [5.74, 6) is 0.717. The van der Waals surface area contributed by atoms with Gasteiger partial charge in [-0.1, -0.05) is 36.4 Å². The molecule has 228 valence electrons. The van der Waals surface area contributed by atoms with Crippen LogP contribution in [0.25, 0.3) is 39.5 Å². The Balaban J connectivity index is 1.25. The molecular weight excluding hydrogens is 598 g/mol. The first-order valence-corrected chi connectivity index (χ1v) is 16.2. The summed E-state index contributed by atoms with van der Waals surface area (Å²) in [6, 6.07) is 28.3. The third kappa shape index (κ3) is 5.41. The molecule has 11 heteroatoms.